The van der Waals surface area contributed by atoms with Crippen molar-refractivity contribution in [3.63, 3.8) is 0 Å². The fourth-order valence-corrected chi connectivity index (χ4v) is 1.65. The largest absolute Gasteiger partial charge is 0.359 e. The molecule has 0 aliphatic carbocycles. The predicted molar refractivity (Wildman–Crippen MR) is 45.9 cm³/mol. The van der Waals surface area contributed by atoms with Crippen molar-refractivity contribution in [2.24, 2.45) is 0 Å². The minimum absolute atomic E-state index is 0.196. The van der Waals surface area contributed by atoms with Crippen LogP contribution in [0.4, 0.5) is 8.78 Å². The minimum atomic E-state index is -0.850. The number of rotatable bonds is 0. The predicted octanol–water partition coefficient (Wildman–Crippen LogP) is 3.21. The topological polar surface area (TPSA) is 15.8 Å². The van der Waals surface area contributed by atoms with Crippen LogP contribution in [0.3, 0.4) is 0 Å². The summed E-state index contributed by atoms with van der Waals surface area (Å²) in [5, 5.41) is 0.647. The summed E-state index contributed by atoms with van der Waals surface area (Å²) in [6.07, 6.45) is 1.57. The van der Waals surface area contributed by atoms with Gasteiger partial charge in [0.25, 0.3) is 0 Å². The van der Waals surface area contributed by atoms with Crippen LogP contribution in [-0.4, -0.2) is 4.98 Å². The first kappa shape index (κ1) is 7.73. The van der Waals surface area contributed by atoms with E-state index in [1.165, 1.54) is 0 Å². The van der Waals surface area contributed by atoms with Crippen molar-refractivity contribution in [2.75, 3.05) is 0 Å². The van der Waals surface area contributed by atoms with Gasteiger partial charge in [-0.1, -0.05) is 0 Å². The molecule has 0 fully saturated rings. The molecule has 0 amide bonds. The zero-order valence-corrected chi connectivity index (χ0v) is 7.45. The van der Waals surface area contributed by atoms with E-state index in [-0.39, 0.29) is 5.52 Å². The van der Waals surface area contributed by atoms with Crippen molar-refractivity contribution in [2.45, 2.75) is 0 Å². The summed E-state index contributed by atoms with van der Waals surface area (Å²) in [7, 11) is 0. The normalized spacial score (nSPS) is 10.9. The van der Waals surface area contributed by atoms with Crippen LogP contribution in [0.25, 0.3) is 10.9 Å². The average Bonchev–Trinajstić information content (AvgIpc) is 2.48. The average molecular weight is 232 g/mol. The van der Waals surface area contributed by atoms with Gasteiger partial charge in [0.15, 0.2) is 11.6 Å². The summed E-state index contributed by atoms with van der Waals surface area (Å²) in [5.41, 5.74) is 0.196. The molecule has 0 aliphatic heterocycles. The van der Waals surface area contributed by atoms with Crippen molar-refractivity contribution in [1.29, 1.82) is 0 Å². The molecule has 0 bridgehead atoms. The van der Waals surface area contributed by atoms with Gasteiger partial charge in [-0.2, -0.15) is 0 Å². The van der Waals surface area contributed by atoms with E-state index in [0.29, 0.717) is 9.86 Å². The lowest BCUT2D eigenvalue weighted by Gasteiger charge is -1.97. The molecule has 0 radical (unpaired) electrons. The third kappa shape index (κ3) is 0.948. The van der Waals surface area contributed by atoms with Crippen LogP contribution in [0.5, 0.6) is 0 Å². The first-order valence-electron chi connectivity index (χ1n) is 3.30. The molecule has 62 valence electrons. The highest BCUT2D eigenvalue weighted by Gasteiger charge is 2.10. The highest BCUT2D eigenvalue weighted by Crippen LogP contribution is 2.27. The lowest BCUT2D eigenvalue weighted by Crippen LogP contribution is -1.85. The molecule has 0 saturated heterocycles. The van der Waals surface area contributed by atoms with Gasteiger partial charge >= 0.3 is 0 Å². The zero-order chi connectivity index (χ0) is 8.72. The van der Waals surface area contributed by atoms with E-state index >= 15 is 0 Å². The Kier molecular flexibility index (Phi) is 1.65. The molecule has 1 aromatic carbocycles. The van der Waals surface area contributed by atoms with Gasteiger partial charge in [-0.3, -0.25) is 0 Å². The van der Waals surface area contributed by atoms with E-state index in [4.69, 9.17) is 0 Å². The van der Waals surface area contributed by atoms with E-state index in [0.717, 1.165) is 6.07 Å². The highest BCUT2D eigenvalue weighted by molar-refractivity contribution is 9.10. The van der Waals surface area contributed by atoms with E-state index in [2.05, 4.69) is 20.9 Å². The summed E-state index contributed by atoms with van der Waals surface area (Å²) in [5.74, 6) is -1.69. The smallest absolute Gasteiger partial charge is 0.182 e. The summed E-state index contributed by atoms with van der Waals surface area (Å²) in [6.45, 7) is 0. The fraction of sp³-hybridized carbons (Fsp3) is 0. The number of benzene rings is 1. The summed E-state index contributed by atoms with van der Waals surface area (Å²) >= 11 is 3.13. The van der Waals surface area contributed by atoms with Crippen molar-refractivity contribution in [3.8, 4) is 0 Å². The molecule has 2 aromatic rings. The maximum Gasteiger partial charge on any atom is 0.182 e. The van der Waals surface area contributed by atoms with Crippen molar-refractivity contribution < 1.29 is 8.78 Å². The number of aromatic amines is 1. The summed E-state index contributed by atoms with van der Waals surface area (Å²) in [4.78, 5) is 2.62. The van der Waals surface area contributed by atoms with Crippen LogP contribution in [-0.2, 0) is 0 Å². The van der Waals surface area contributed by atoms with E-state index < -0.39 is 11.6 Å². The Hall–Kier alpha value is -0.900. The molecule has 0 atom stereocenters. The lowest BCUT2D eigenvalue weighted by molar-refractivity contribution is 0.515. The number of halogens is 3. The molecule has 0 saturated carbocycles. The maximum atomic E-state index is 13.0. The first-order chi connectivity index (χ1) is 5.70. The van der Waals surface area contributed by atoms with Gasteiger partial charge in [-0.05, 0) is 28.1 Å². The first-order valence-corrected chi connectivity index (χ1v) is 4.10. The molecule has 1 heterocycles. The highest BCUT2D eigenvalue weighted by atomic mass is 79.9. The quantitative estimate of drug-likeness (QED) is 0.671. The Morgan fingerprint density at radius 1 is 1.33 bits per heavy atom. The summed E-state index contributed by atoms with van der Waals surface area (Å²) in [6, 6.07) is 2.80. The Labute approximate surface area is 75.5 Å². The Morgan fingerprint density at radius 3 is 2.83 bits per heavy atom. The van der Waals surface area contributed by atoms with Gasteiger partial charge in [0.1, 0.15) is 0 Å². The number of hydrogen-bond donors (Lipinski definition) is 1. The molecule has 2 rings (SSSR count). The van der Waals surface area contributed by atoms with Crippen LogP contribution < -0.4 is 0 Å². The number of fused-ring (bicyclic) bond motifs is 1. The van der Waals surface area contributed by atoms with E-state index in [1.807, 2.05) is 0 Å². The second kappa shape index (κ2) is 2.55. The maximum absolute atomic E-state index is 13.0. The number of aromatic nitrogens is 1. The molecule has 0 unspecified atom stereocenters. The third-order valence-electron chi connectivity index (χ3n) is 1.69. The van der Waals surface area contributed by atoms with E-state index in [1.54, 1.807) is 12.3 Å². The fourth-order valence-electron chi connectivity index (χ4n) is 1.12. The molecule has 0 aliphatic rings. The van der Waals surface area contributed by atoms with Crippen LogP contribution in [0.1, 0.15) is 0 Å². The van der Waals surface area contributed by atoms with Crippen molar-refractivity contribution in [3.05, 3.63) is 34.4 Å². The number of hydrogen-bond acceptors (Lipinski definition) is 0. The molecule has 4 heteroatoms. The second-order valence-corrected chi connectivity index (χ2v) is 3.27. The standard InChI is InChI=1S/C8H4BrF2N/c9-5-3-6(10)7(11)8-4(5)1-2-12-8/h1-3,12H. The van der Waals surface area contributed by atoms with Crippen molar-refractivity contribution in [1.82, 2.24) is 4.98 Å². The van der Waals surface area contributed by atoms with Crippen molar-refractivity contribution >= 4 is 26.8 Å². The van der Waals surface area contributed by atoms with Gasteiger partial charge < -0.3 is 4.98 Å². The van der Waals surface area contributed by atoms with Gasteiger partial charge in [-0.25, -0.2) is 8.78 Å². The van der Waals surface area contributed by atoms with Gasteiger partial charge in [0.05, 0.1) is 5.52 Å². The van der Waals surface area contributed by atoms with Crippen LogP contribution >= 0.6 is 15.9 Å². The Bertz CT molecular complexity index is 436. The number of H-pyrrole nitrogens is 1. The number of nitrogens with one attached hydrogen (secondary N) is 1. The van der Waals surface area contributed by atoms with E-state index in [9.17, 15) is 8.78 Å². The Morgan fingerprint density at radius 2 is 2.08 bits per heavy atom. The molecule has 1 N–H and O–H groups in total. The summed E-state index contributed by atoms with van der Waals surface area (Å²) < 4.78 is 26.3. The zero-order valence-electron chi connectivity index (χ0n) is 5.87. The van der Waals surface area contributed by atoms with Gasteiger partial charge in [0.2, 0.25) is 0 Å². The van der Waals surface area contributed by atoms with Gasteiger partial charge in [0, 0.05) is 16.1 Å². The molecule has 1 aromatic heterocycles. The SMILES string of the molecule is Fc1cc(Br)c2cc[nH]c2c1F. The van der Waals surface area contributed by atoms with Crippen LogP contribution in [0, 0.1) is 11.6 Å². The molecular weight excluding hydrogens is 228 g/mol. The van der Waals surface area contributed by atoms with Crippen LogP contribution in [0.15, 0.2) is 22.8 Å². The molecular formula is C8H4BrF2N. The Balaban J connectivity index is 2.97. The minimum Gasteiger partial charge on any atom is -0.359 e. The monoisotopic (exact) mass is 231 g/mol. The molecule has 12 heavy (non-hydrogen) atoms. The molecule has 1 nitrogen and oxygen atoms in total. The third-order valence-corrected chi connectivity index (χ3v) is 2.34. The second-order valence-electron chi connectivity index (χ2n) is 2.42. The van der Waals surface area contributed by atoms with Gasteiger partial charge in [-0.15, -0.1) is 0 Å². The van der Waals surface area contributed by atoms with Crippen LogP contribution in [0.2, 0.25) is 0 Å². The lowest BCUT2D eigenvalue weighted by atomic mass is 10.2. The molecule has 0 spiro atoms.